The first-order valence-corrected chi connectivity index (χ1v) is 10.1. The normalized spacial score (nSPS) is 14.3. The Morgan fingerprint density at radius 2 is 2.00 bits per heavy atom. The van der Waals surface area contributed by atoms with Crippen molar-refractivity contribution in [3.05, 3.63) is 35.6 Å². The molecule has 2 nitrogen and oxygen atoms in total. The van der Waals surface area contributed by atoms with Crippen molar-refractivity contribution in [3.63, 3.8) is 0 Å². The second kappa shape index (κ2) is 6.96. The zero-order valence-electron chi connectivity index (χ0n) is 12.5. The maximum atomic E-state index is 13.1. The van der Waals surface area contributed by atoms with E-state index in [1.165, 1.54) is 12.1 Å². The lowest BCUT2D eigenvalue weighted by atomic mass is 10.1. The van der Waals surface area contributed by atoms with Gasteiger partial charge in [0.05, 0.1) is 12.6 Å². The molecule has 0 aromatic heterocycles. The molecule has 0 aliphatic rings. The molecule has 0 aliphatic heterocycles. The van der Waals surface area contributed by atoms with E-state index in [-0.39, 0.29) is 11.9 Å². The van der Waals surface area contributed by atoms with Gasteiger partial charge in [0.15, 0.2) is 8.32 Å². The van der Waals surface area contributed by atoms with Crippen molar-refractivity contribution in [2.24, 2.45) is 10.9 Å². The van der Waals surface area contributed by atoms with Crippen LogP contribution in [-0.2, 0) is 4.43 Å². The molecule has 0 radical (unpaired) electrons. The molecule has 1 aromatic carbocycles. The molecule has 0 bridgehead atoms. The van der Waals surface area contributed by atoms with Crippen molar-refractivity contribution >= 4 is 14.5 Å². The molecular weight excluding hydrogens is 257 g/mol. The Hall–Kier alpha value is -1.00. The Morgan fingerprint density at radius 3 is 2.53 bits per heavy atom. The molecule has 1 aromatic rings. The van der Waals surface area contributed by atoms with Crippen LogP contribution in [0.1, 0.15) is 19.4 Å². The minimum atomic E-state index is -1.52. The Balaban J connectivity index is 2.68. The monoisotopic (exact) mass is 281 g/mol. The number of benzene rings is 1. The summed E-state index contributed by atoms with van der Waals surface area (Å²) in [5, 5.41) is 0. The second-order valence-corrected chi connectivity index (χ2v) is 10.6. The SMILES string of the molecule is CC(C)[C@H](CO[Si](C)(C)C)/N=C/c1cccc(F)c1. The average molecular weight is 281 g/mol. The van der Waals surface area contributed by atoms with Crippen LogP contribution in [0.2, 0.25) is 19.6 Å². The number of rotatable bonds is 6. The zero-order valence-corrected chi connectivity index (χ0v) is 13.5. The number of hydrogen-bond donors (Lipinski definition) is 0. The third-order valence-electron chi connectivity index (χ3n) is 2.72. The van der Waals surface area contributed by atoms with Gasteiger partial charge in [-0.3, -0.25) is 4.99 Å². The summed E-state index contributed by atoms with van der Waals surface area (Å²) in [7, 11) is -1.52. The highest BCUT2D eigenvalue weighted by Gasteiger charge is 2.19. The van der Waals surface area contributed by atoms with Crippen LogP contribution in [0.4, 0.5) is 4.39 Å². The molecule has 4 heteroatoms. The predicted molar refractivity (Wildman–Crippen MR) is 81.9 cm³/mol. The van der Waals surface area contributed by atoms with Gasteiger partial charge in [0.25, 0.3) is 0 Å². The lowest BCUT2D eigenvalue weighted by molar-refractivity contribution is 0.255. The fourth-order valence-electron chi connectivity index (χ4n) is 1.51. The van der Waals surface area contributed by atoms with E-state index in [4.69, 9.17) is 4.43 Å². The summed E-state index contributed by atoms with van der Waals surface area (Å²) in [6.07, 6.45) is 1.74. The van der Waals surface area contributed by atoms with Crippen LogP contribution in [0, 0.1) is 11.7 Å². The van der Waals surface area contributed by atoms with E-state index in [0.717, 1.165) is 5.56 Å². The molecule has 0 amide bonds. The van der Waals surface area contributed by atoms with Gasteiger partial charge in [-0.15, -0.1) is 0 Å². The largest absolute Gasteiger partial charge is 0.415 e. The van der Waals surface area contributed by atoms with E-state index in [0.29, 0.717) is 12.5 Å². The van der Waals surface area contributed by atoms with Crippen molar-refractivity contribution in [2.45, 2.75) is 39.5 Å². The molecule has 106 valence electrons. The van der Waals surface area contributed by atoms with E-state index >= 15 is 0 Å². The fourth-order valence-corrected chi connectivity index (χ4v) is 2.18. The molecule has 0 saturated heterocycles. The van der Waals surface area contributed by atoms with Gasteiger partial charge in [0, 0.05) is 6.21 Å². The Labute approximate surface area is 116 Å². The van der Waals surface area contributed by atoms with Crippen LogP contribution in [0.5, 0.6) is 0 Å². The quantitative estimate of drug-likeness (QED) is 0.568. The number of nitrogens with zero attached hydrogens (tertiary/aromatic N) is 1. The molecule has 0 fully saturated rings. The second-order valence-electron chi connectivity index (χ2n) is 6.07. The smallest absolute Gasteiger partial charge is 0.183 e. The van der Waals surface area contributed by atoms with Crippen molar-refractivity contribution in [1.29, 1.82) is 0 Å². The Kier molecular flexibility index (Phi) is 5.88. The van der Waals surface area contributed by atoms with Crippen molar-refractivity contribution in [3.8, 4) is 0 Å². The Morgan fingerprint density at radius 1 is 1.32 bits per heavy atom. The molecule has 0 aliphatic carbocycles. The third kappa shape index (κ3) is 6.64. The van der Waals surface area contributed by atoms with Gasteiger partial charge in [-0.1, -0.05) is 26.0 Å². The molecule has 0 heterocycles. The van der Waals surface area contributed by atoms with Crippen LogP contribution in [-0.4, -0.2) is 27.2 Å². The maximum absolute atomic E-state index is 13.1. The highest BCUT2D eigenvalue weighted by atomic mass is 28.4. The standard InChI is InChI=1S/C15H24FNOSi/c1-12(2)15(11-18-19(3,4)5)17-10-13-7-6-8-14(16)9-13/h6-10,12,15H,11H2,1-5H3/b17-10+/t15-/m0/s1. The fraction of sp³-hybridized carbons (Fsp3) is 0.533. The van der Waals surface area contributed by atoms with Crippen LogP contribution >= 0.6 is 0 Å². The highest BCUT2D eigenvalue weighted by Crippen LogP contribution is 2.12. The minimum absolute atomic E-state index is 0.120. The summed E-state index contributed by atoms with van der Waals surface area (Å²) in [4.78, 5) is 4.54. The van der Waals surface area contributed by atoms with E-state index in [2.05, 4.69) is 38.5 Å². The van der Waals surface area contributed by atoms with Gasteiger partial charge in [0.2, 0.25) is 0 Å². The van der Waals surface area contributed by atoms with Gasteiger partial charge >= 0.3 is 0 Å². The summed E-state index contributed by atoms with van der Waals surface area (Å²) in [6.45, 7) is 11.4. The van der Waals surface area contributed by atoms with Gasteiger partial charge in [0.1, 0.15) is 5.82 Å². The minimum Gasteiger partial charge on any atom is -0.415 e. The number of hydrogen-bond acceptors (Lipinski definition) is 2. The average Bonchev–Trinajstić information content (AvgIpc) is 2.27. The molecule has 19 heavy (non-hydrogen) atoms. The summed E-state index contributed by atoms with van der Waals surface area (Å²) in [5.74, 6) is 0.171. The summed E-state index contributed by atoms with van der Waals surface area (Å²) in [5.41, 5.74) is 0.790. The predicted octanol–water partition coefficient (Wildman–Crippen LogP) is 4.12. The Bertz CT molecular complexity index is 426. The van der Waals surface area contributed by atoms with E-state index in [9.17, 15) is 4.39 Å². The molecule has 0 saturated carbocycles. The topological polar surface area (TPSA) is 21.6 Å². The van der Waals surface area contributed by atoms with Crippen molar-refractivity contribution in [1.82, 2.24) is 0 Å². The summed E-state index contributed by atoms with van der Waals surface area (Å²) < 4.78 is 19.0. The molecule has 0 unspecified atom stereocenters. The third-order valence-corrected chi connectivity index (χ3v) is 3.75. The van der Waals surface area contributed by atoms with Gasteiger partial charge in [-0.05, 0) is 43.3 Å². The van der Waals surface area contributed by atoms with Crippen molar-refractivity contribution < 1.29 is 8.82 Å². The van der Waals surface area contributed by atoms with Crippen LogP contribution in [0.3, 0.4) is 0 Å². The zero-order chi connectivity index (χ0) is 14.5. The number of aliphatic imine (C=N–C) groups is 1. The molecule has 0 N–H and O–H groups in total. The lowest BCUT2D eigenvalue weighted by Crippen LogP contribution is -2.31. The summed E-state index contributed by atoms with van der Waals surface area (Å²) in [6, 6.07) is 6.59. The van der Waals surface area contributed by atoms with Gasteiger partial charge in [-0.2, -0.15) is 0 Å². The molecular formula is C15H24FNOSi. The molecule has 1 rings (SSSR count). The first kappa shape index (κ1) is 16.1. The number of halogens is 1. The van der Waals surface area contributed by atoms with E-state index in [1.54, 1.807) is 12.3 Å². The van der Waals surface area contributed by atoms with Crippen molar-refractivity contribution in [2.75, 3.05) is 6.61 Å². The molecule has 0 spiro atoms. The van der Waals surface area contributed by atoms with Crippen LogP contribution < -0.4 is 0 Å². The summed E-state index contributed by atoms with van der Waals surface area (Å²) >= 11 is 0. The van der Waals surface area contributed by atoms with E-state index < -0.39 is 8.32 Å². The molecule has 1 atom stereocenters. The highest BCUT2D eigenvalue weighted by molar-refractivity contribution is 6.69. The first-order chi connectivity index (χ1) is 8.78. The van der Waals surface area contributed by atoms with Gasteiger partial charge in [-0.25, -0.2) is 4.39 Å². The van der Waals surface area contributed by atoms with Crippen LogP contribution in [0.15, 0.2) is 29.3 Å². The maximum Gasteiger partial charge on any atom is 0.183 e. The van der Waals surface area contributed by atoms with Gasteiger partial charge < -0.3 is 4.43 Å². The first-order valence-electron chi connectivity index (χ1n) is 6.70. The van der Waals surface area contributed by atoms with Crippen LogP contribution in [0.25, 0.3) is 0 Å². The lowest BCUT2D eigenvalue weighted by Gasteiger charge is -2.23. The van der Waals surface area contributed by atoms with E-state index in [1.807, 2.05) is 6.07 Å².